The molecule has 0 saturated heterocycles. The lowest BCUT2D eigenvalue weighted by Gasteiger charge is -2.29. The maximum absolute atomic E-state index is 2.44. The maximum atomic E-state index is 2.44. The van der Waals surface area contributed by atoms with Crippen molar-refractivity contribution in [3.63, 3.8) is 0 Å². The number of benzene rings is 3. The standard InChI is InChI=1S/C23H25P/c1-17-15-18(2)22(19(3)16-17)24(4)23(20-11-7-5-8-12-20)21-13-9-6-10-14-21/h5-16,23H,1-4H3. The molecule has 0 radical (unpaired) electrons. The highest BCUT2D eigenvalue weighted by molar-refractivity contribution is 7.65. The van der Waals surface area contributed by atoms with Gasteiger partial charge in [0.15, 0.2) is 0 Å². The van der Waals surface area contributed by atoms with Crippen molar-refractivity contribution in [3.05, 3.63) is 101 Å². The van der Waals surface area contributed by atoms with Gasteiger partial charge in [-0.25, -0.2) is 0 Å². The van der Waals surface area contributed by atoms with Gasteiger partial charge in [-0.05, 0) is 55.0 Å². The first-order valence-corrected chi connectivity index (χ1v) is 10.3. The molecule has 3 aromatic rings. The van der Waals surface area contributed by atoms with Crippen LogP contribution in [0.5, 0.6) is 0 Å². The van der Waals surface area contributed by atoms with Gasteiger partial charge in [0.25, 0.3) is 0 Å². The summed E-state index contributed by atoms with van der Waals surface area (Å²) in [5.74, 6) is 0. The van der Waals surface area contributed by atoms with Crippen molar-refractivity contribution < 1.29 is 0 Å². The van der Waals surface area contributed by atoms with Gasteiger partial charge in [0.2, 0.25) is 0 Å². The Hall–Kier alpha value is -1.91. The molecule has 0 saturated carbocycles. The fourth-order valence-electron chi connectivity index (χ4n) is 3.77. The van der Waals surface area contributed by atoms with Crippen LogP contribution in [0, 0.1) is 20.8 Å². The van der Waals surface area contributed by atoms with E-state index in [1.165, 1.54) is 27.8 Å². The minimum absolute atomic E-state index is 0.346. The molecule has 1 heteroatoms. The molecular formula is C23H25P. The number of rotatable bonds is 4. The molecule has 0 aliphatic carbocycles. The molecule has 0 N–H and O–H groups in total. The topological polar surface area (TPSA) is 0 Å². The first kappa shape index (κ1) is 16.9. The van der Waals surface area contributed by atoms with Crippen LogP contribution in [0.25, 0.3) is 0 Å². The van der Waals surface area contributed by atoms with E-state index < -0.39 is 0 Å². The minimum atomic E-state index is -0.346. The van der Waals surface area contributed by atoms with Crippen LogP contribution in [-0.2, 0) is 0 Å². The van der Waals surface area contributed by atoms with Crippen LogP contribution in [0.4, 0.5) is 0 Å². The van der Waals surface area contributed by atoms with Gasteiger partial charge in [-0.3, -0.25) is 0 Å². The third kappa shape index (κ3) is 3.45. The quantitative estimate of drug-likeness (QED) is 0.504. The van der Waals surface area contributed by atoms with Crippen molar-refractivity contribution in [2.24, 2.45) is 0 Å². The van der Waals surface area contributed by atoms with Crippen LogP contribution < -0.4 is 5.30 Å². The molecule has 3 rings (SSSR count). The summed E-state index contributed by atoms with van der Waals surface area (Å²) in [6.07, 6.45) is 0. The van der Waals surface area contributed by atoms with Crippen LogP contribution in [0.2, 0.25) is 0 Å². The van der Waals surface area contributed by atoms with Gasteiger partial charge in [-0.1, -0.05) is 86.3 Å². The smallest absolute Gasteiger partial charge is 0.0329 e. The largest absolute Gasteiger partial charge is 0.0657 e. The molecule has 0 nitrogen and oxygen atoms in total. The summed E-state index contributed by atoms with van der Waals surface area (Å²) >= 11 is 0. The fourth-order valence-corrected chi connectivity index (χ4v) is 6.51. The van der Waals surface area contributed by atoms with Gasteiger partial charge < -0.3 is 0 Å². The highest BCUT2D eigenvalue weighted by Crippen LogP contribution is 2.52. The van der Waals surface area contributed by atoms with Gasteiger partial charge in [-0.2, -0.15) is 0 Å². The second kappa shape index (κ2) is 7.32. The highest BCUT2D eigenvalue weighted by Gasteiger charge is 2.24. The average Bonchev–Trinajstić information content (AvgIpc) is 2.56. The predicted molar refractivity (Wildman–Crippen MR) is 108 cm³/mol. The number of aryl methyl sites for hydroxylation is 3. The molecule has 0 bridgehead atoms. The fraction of sp³-hybridized carbons (Fsp3) is 0.217. The van der Waals surface area contributed by atoms with Crippen molar-refractivity contribution >= 4 is 13.2 Å². The lowest BCUT2D eigenvalue weighted by molar-refractivity contribution is 1.14. The molecule has 24 heavy (non-hydrogen) atoms. The Morgan fingerprint density at radius 3 is 1.50 bits per heavy atom. The van der Waals surface area contributed by atoms with E-state index in [0.717, 1.165) is 0 Å². The van der Waals surface area contributed by atoms with Gasteiger partial charge in [0, 0.05) is 5.66 Å². The summed E-state index contributed by atoms with van der Waals surface area (Å²) < 4.78 is 0. The molecule has 0 heterocycles. The van der Waals surface area contributed by atoms with E-state index in [1.807, 2.05) is 0 Å². The zero-order valence-electron chi connectivity index (χ0n) is 15.0. The summed E-state index contributed by atoms with van der Waals surface area (Å²) in [6.45, 7) is 9.15. The Bertz CT molecular complexity index is 743. The summed E-state index contributed by atoms with van der Waals surface area (Å²) in [6, 6.07) is 26.6. The van der Waals surface area contributed by atoms with Gasteiger partial charge in [-0.15, -0.1) is 0 Å². The molecule has 0 fully saturated rings. The normalized spacial score (nSPS) is 12.4. The van der Waals surface area contributed by atoms with Crippen molar-refractivity contribution in [1.29, 1.82) is 0 Å². The van der Waals surface area contributed by atoms with Crippen LogP contribution in [-0.4, -0.2) is 6.66 Å². The second-order valence-electron chi connectivity index (χ2n) is 6.58. The minimum Gasteiger partial charge on any atom is -0.0657 e. The Balaban J connectivity index is 2.13. The van der Waals surface area contributed by atoms with Crippen LogP contribution in [0.15, 0.2) is 72.8 Å². The zero-order valence-corrected chi connectivity index (χ0v) is 15.8. The molecule has 0 aromatic heterocycles. The Labute approximate surface area is 147 Å². The summed E-state index contributed by atoms with van der Waals surface area (Å²) in [5.41, 5.74) is 7.47. The molecular weight excluding hydrogens is 307 g/mol. The Morgan fingerprint density at radius 2 is 1.08 bits per heavy atom. The zero-order chi connectivity index (χ0) is 17.1. The Kier molecular flexibility index (Phi) is 5.17. The van der Waals surface area contributed by atoms with E-state index in [2.05, 4.69) is 100 Å². The first-order valence-electron chi connectivity index (χ1n) is 8.48. The van der Waals surface area contributed by atoms with Crippen LogP contribution >= 0.6 is 7.92 Å². The SMILES string of the molecule is Cc1cc(C)c(P(C)C(c2ccccc2)c2ccccc2)c(C)c1. The van der Waals surface area contributed by atoms with Crippen molar-refractivity contribution in [3.8, 4) is 0 Å². The van der Waals surface area contributed by atoms with E-state index in [4.69, 9.17) is 0 Å². The molecule has 0 spiro atoms. The average molecular weight is 332 g/mol. The van der Waals surface area contributed by atoms with Crippen LogP contribution in [0.1, 0.15) is 33.5 Å². The van der Waals surface area contributed by atoms with E-state index in [-0.39, 0.29) is 7.92 Å². The highest BCUT2D eigenvalue weighted by atomic mass is 31.1. The molecule has 0 aliphatic rings. The molecule has 3 aromatic carbocycles. The number of hydrogen-bond acceptors (Lipinski definition) is 0. The van der Waals surface area contributed by atoms with Gasteiger partial charge >= 0.3 is 0 Å². The van der Waals surface area contributed by atoms with Crippen LogP contribution in [0.3, 0.4) is 0 Å². The third-order valence-corrected chi connectivity index (χ3v) is 7.39. The molecule has 0 aliphatic heterocycles. The molecule has 0 amide bonds. The van der Waals surface area contributed by atoms with E-state index in [0.29, 0.717) is 5.66 Å². The molecule has 1 unspecified atom stereocenters. The van der Waals surface area contributed by atoms with Crippen molar-refractivity contribution in [2.75, 3.05) is 6.66 Å². The number of hydrogen-bond donors (Lipinski definition) is 0. The van der Waals surface area contributed by atoms with E-state index in [9.17, 15) is 0 Å². The van der Waals surface area contributed by atoms with Crippen molar-refractivity contribution in [1.82, 2.24) is 0 Å². The monoisotopic (exact) mass is 332 g/mol. The Morgan fingerprint density at radius 1 is 0.667 bits per heavy atom. The van der Waals surface area contributed by atoms with Gasteiger partial charge in [0.1, 0.15) is 0 Å². The lowest BCUT2D eigenvalue weighted by Crippen LogP contribution is -2.15. The second-order valence-corrected chi connectivity index (χ2v) is 8.77. The van der Waals surface area contributed by atoms with Crippen molar-refractivity contribution in [2.45, 2.75) is 26.4 Å². The van der Waals surface area contributed by atoms with E-state index in [1.54, 1.807) is 5.30 Å². The molecule has 1 atom stereocenters. The predicted octanol–water partition coefficient (Wildman–Crippen LogP) is 6.14. The van der Waals surface area contributed by atoms with E-state index >= 15 is 0 Å². The summed E-state index contributed by atoms with van der Waals surface area (Å²) in [4.78, 5) is 0. The summed E-state index contributed by atoms with van der Waals surface area (Å²) in [5, 5.41) is 1.55. The first-order chi connectivity index (χ1) is 11.6. The maximum Gasteiger partial charge on any atom is 0.0329 e. The third-order valence-electron chi connectivity index (χ3n) is 4.61. The lowest BCUT2D eigenvalue weighted by atomic mass is 10.0. The van der Waals surface area contributed by atoms with Gasteiger partial charge in [0.05, 0.1) is 0 Å². The summed E-state index contributed by atoms with van der Waals surface area (Å²) in [7, 11) is -0.346. The molecule has 122 valence electrons.